The molecule has 0 aliphatic rings. The third kappa shape index (κ3) is 4.18. The average Bonchev–Trinajstić information content (AvgIpc) is 2.97. The van der Waals surface area contributed by atoms with Crippen LogP contribution in [0.3, 0.4) is 0 Å². The Hall–Kier alpha value is -2.65. The molecule has 0 aliphatic carbocycles. The number of esters is 1. The van der Waals surface area contributed by atoms with Crippen molar-refractivity contribution in [2.24, 2.45) is 0 Å². The number of hydrogen-bond acceptors (Lipinski definition) is 6. The van der Waals surface area contributed by atoms with Crippen molar-refractivity contribution >= 4 is 22.4 Å². The summed E-state index contributed by atoms with van der Waals surface area (Å²) in [6.45, 7) is 6.01. The Morgan fingerprint density at radius 1 is 1.48 bits per heavy atom. The van der Waals surface area contributed by atoms with E-state index in [1.807, 2.05) is 30.5 Å². The summed E-state index contributed by atoms with van der Waals surface area (Å²) in [7, 11) is 0. The fraction of sp³-hybridized carbons (Fsp3) is 0.235. The first kappa shape index (κ1) is 16.7. The van der Waals surface area contributed by atoms with Gasteiger partial charge in [-0.15, -0.1) is 11.3 Å². The van der Waals surface area contributed by atoms with Gasteiger partial charge in [0.1, 0.15) is 6.07 Å². The van der Waals surface area contributed by atoms with E-state index >= 15 is 0 Å². The lowest BCUT2D eigenvalue weighted by molar-refractivity contribution is -0.138. The highest BCUT2D eigenvalue weighted by Gasteiger charge is 2.11. The summed E-state index contributed by atoms with van der Waals surface area (Å²) in [6.07, 6.45) is 1.32. The number of carbonyl (C=O) groups excluding carboxylic acids is 1. The van der Waals surface area contributed by atoms with Gasteiger partial charge >= 0.3 is 5.97 Å². The fourth-order valence-corrected chi connectivity index (χ4v) is 2.73. The summed E-state index contributed by atoms with van der Waals surface area (Å²) in [5.74, 6) is -0.645. The van der Waals surface area contributed by atoms with E-state index in [0.29, 0.717) is 5.13 Å². The molecule has 1 N–H and O–H groups in total. The van der Waals surface area contributed by atoms with Gasteiger partial charge in [0.2, 0.25) is 0 Å². The molecule has 1 heterocycles. The molecule has 0 saturated carbocycles. The summed E-state index contributed by atoms with van der Waals surface area (Å²) >= 11 is 1.41. The van der Waals surface area contributed by atoms with Crippen molar-refractivity contribution in [3.05, 3.63) is 46.5 Å². The quantitative estimate of drug-likeness (QED) is 0.513. The first-order valence-corrected chi connectivity index (χ1v) is 8.00. The number of ether oxygens (including phenoxy) is 1. The second kappa shape index (κ2) is 7.56. The fourth-order valence-electron chi connectivity index (χ4n) is 2.04. The maximum atomic E-state index is 11.5. The third-order valence-electron chi connectivity index (χ3n) is 3.12. The highest BCUT2D eigenvalue weighted by atomic mass is 32.1. The summed E-state index contributed by atoms with van der Waals surface area (Å²) < 4.78 is 4.80. The van der Waals surface area contributed by atoms with E-state index in [2.05, 4.69) is 23.3 Å². The minimum atomic E-state index is -0.645. The average molecular weight is 327 g/mol. The SMILES string of the molecule is CCOC(=O)/C(C#N)=C/Nc1nc(-c2ccc(C)cc2C)cs1. The first-order valence-electron chi connectivity index (χ1n) is 7.12. The molecule has 0 fully saturated rings. The van der Waals surface area contributed by atoms with Gasteiger partial charge in [0.15, 0.2) is 10.7 Å². The van der Waals surface area contributed by atoms with Crippen LogP contribution in [0.25, 0.3) is 11.3 Å². The van der Waals surface area contributed by atoms with Crippen molar-refractivity contribution in [3.63, 3.8) is 0 Å². The van der Waals surface area contributed by atoms with Crippen LogP contribution in [-0.2, 0) is 9.53 Å². The van der Waals surface area contributed by atoms with Gasteiger partial charge < -0.3 is 10.1 Å². The van der Waals surface area contributed by atoms with Crippen molar-refractivity contribution in [1.82, 2.24) is 4.98 Å². The molecule has 0 radical (unpaired) electrons. The Morgan fingerprint density at radius 2 is 2.26 bits per heavy atom. The molecule has 0 aliphatic heterocycles. The van der Waals surface area contributed by atoms with Crippen LogP contribution in [0.5, 0.6) is 0 Å². The van der Waals surface area contributed by atoms with E-state index in [9.17, 15) is 4.79 Å². The number of nitriles is 1. The van der Waals surface area contributed by atoms with E-state index in [-0.39, 0.29) is 12.2 Å². The lowest BCUT2D eigenvalue weighted by Gasteiger charge is -2.03. The van der Waals surface area contributed by atoms with Crippen LogP contribution >= 0.6 is 11.3 Å². The van der Waals surface area contributed by atoms with Gasteiger partial charge in [-0.05, 0) is 26.3 Å². The Kier molecular flexibility index (Phi) is 5.50. The van der Waals surface area contributed by atoms with Gasteiger partial charge in [0, 0.05) is 17.1 Å². The van der Waals surface area contributed by atoms with Crippen LogP contribution in [0.2, 0.25) is 0 Å². The molecule has 1 aromatic carbocycles. The minimum absolute atomic E-state index is 0.0879. The molecule has 0 unspecified atom stereocenters. The van der Waals surface area contributed by atoms with Gasteiger partial charge in [-0.25, -0.2) is 9.78 Å². The molecule has 0 bridgehead atoms. The Bertz CT molecular complexity index is 787. The maximum absolute atomic E-state index is 11.5. The second-order valence-electron chi connectivity index (χ2n) is 4.89. The monoisotopic (exact) mass is 327 g/mol. The molecule has 6 heteroatoms. The molecule has 23 heavy (non-hydrogen) atoms. The first-order chi connectivity index (χ1) is 11.0. The van der Waals surface area contributed by atoms with Gasteiger partial charge in [-0.2, -0.15) is 5.26 Å². The number of benzene rings is 1. The largest absolute Gasteiger partial charge is 0.462 e. The zero-order valence-electron chi connectivity index (χ0n) is 13.2. The Balaban J connectivity index is 2.16. The van der Waals surface area contributed by atoms with E-state index in [4.69, 9.17) is 10.00 Å². The van der Waals surface area contributed by atoms with Gasteiger partial charge in [0.05, 0.1) is 12.3 Å². The predicted molar refractivity (Wildman–Crippen MR) is 91.0 cm³/mol. The number of rotatable bonds is 5. The van der Waals surface area contributed by atoms with E-state index < -0.39 is 5.97 Å². The summed E-state index contributed by atoms with van der Waals surface area (Å²) in [6, 6.07) is 8.00. The molecular weight excluding hydrogens is 310 g/mol. The molecule has 0 spiro atoms. The Labute approximate surface area is 139 Å². The molecule has 0 atom stereocenters. The predicted octanol–water partition coefficient (Wildman–Crippen LogP) is 3.81. The topological polar surface area (TPSA) is 75.0 Å². The highest BCUT2D eigenvalue weighted by molar-refractivity contribution is 7.14. The van der Waals surface area contributed by atoms with E-state index in [1.165, 1.54) is 23.1 Å². The van der Waals surface area contributed by atoms with Crippen molar-refractivity contribution < 1.29 is 9.53 Å². The van der Waals surface area contributed by atoms with Crippen molar-refractivity contribution in [2.45, 2.75) is 20.8 Å². The maximum Gasteiger partial charge on any atom is 0.350 e. The number of thiazole rings is 1. The normalized spacial score (nSPS) is 11.0. The number of aryl methyl sites for hydroxylation is 2. The Morgan fingerprint density at radius 3 is 2.91 bits per heavy atom. The summed E-state index contributed by atoms with van der Waals surface area (Å²) in [5.41, 5.74) is 4.19. The number of carbonyl (C=O) groups is 1. The molecule has 2 rings (SSSR count). The molecule has 1 aromatic heterocycles. The standard InChI is InChI=1S/C17H17N3O2S/c1-4-22-16(21)13(8-18)9-19-17-20-15(10-23-17)14-6-5-11(2)7-12(14)3/h5-7,9-10H,4H2,1-3H3,(H,19,20)/b13-9+. The van der Waals surface area contributed by atoms with Gasteiger partial charge in [-0.1, -0.05) is 23.8 Å². The van der Waals surface area contributed by atoms with Crippen LogP contribution < -0.4 is 5.32 Å². The van der Waals surface area contributed by atoms with E-state index in [1.54, 1.807) is 6.92 Å². The number of hydrogen-bond donors (Lipinski definition) is 1. The van der Waals surface area contributed by atoms with Crippen LogP contribution in [0.4, 0.5) is 5.13 Å². The van der Waals surface area contributed by atoms with Crippen LogP contribution in [0.15, 0.2) is 35.4 Å². The second-order valence-corrected chi connectivity index (χ2v) is 5.75. The van der Waals surface area contributed by atoms with E-state index in [0.717, 1.165) is 16.8 Å². The van der Waals surface area contributed by atoms with Crippen molar-refractivity contribution in [1.29, 1.82) is 5.26 Å². The zero-order valence-corrected chi connectivity index (χ0v) is 14.0. The van der Waals surface area contributed by atoms with Crippen LogP contribution in [0, 0.1) is 25.2 Å². The third-order valence-corrected chi connectivity index (χ3v) is 3.89. The summed E-state index contributed by atoms with van der Waals surface area (Å²) in [4.78, 5) is 16.0. The number of nitrogens with zero attached hydrogens (tertiary/aromatic N) is 2. The minimum Gasteiger partial charge on any atom is -0.462 e. The molecule has 0 amide bonds. The smallest absolute Gasteiger partial charge is 0.350 e. The van der Waals surface area contributed by atoms with Crippen molar-refractivity contribution in [2.75, 3.05) is 11.9 Å². The number of nitrogens with one attached hydrogen (secondary N) is 1. The van der Waals surface area contributed by atoms with Gasteiger partial charge in [0.25, 0.3) is 0 Å². The zero-order chi connectivity index (χ0) is 16.8. The lowest BCUT2D eigenvalue weighted by Crippen LogP contribution is -2.07. The van der Waals surface area contributed by atoms with Crippen molar-refractivity contribution in [3.8, 4) is 17.3 Å². The van der Waals surface area contributed by atoms with Crippen LogP contribution in [-0.4, -0.2) is 17.6 Å². The number of aromatic nitrogens is 1. The van der Waals surface area contributed by atoms with Crippen LogP contribution in [0.1, 0.15) is 18.1 Å². The molecule has 2 aromatic rings. The molecule has 0 saturated heterocycles. The summed E-state index contributed by atoms with van der Waals surface area (Å²) in [5, 5.41) is 14.4. The molecule has 5 nitrogen and oxygen atoms in total. The highest BCUT2D eigenvalue weighted by Crippen LogP contribution is 2.28. The lowest BCUT2D eigenvalue weighted by atomic mass is 10.0. The number of anilines is 1. The molecule has 118 valence electrons. The van der Waals surface area contributed by atoms with Gasteiger partial charge in [-0.3, -0.25) is 0 Å². The molecular formula is C17H17N3O2S.